The van der Waals surface area contributed by atoms with Crippen LogP contribution in [0.1, 0.15) is 20.8 Å². The van der Waals surface area contributed by atoms with Crippen LogP contribution in [0.5, 0.6) is 0 Å². The van der Waals surface area contributed by atoms with Gasteiger partial charge < -0.3 is 9.94 Å². The second kappa shape index (κ2) is 4.17. The van der Waals surface area contributed by atoms with Crippen molar-refractivity contribution in [2.75, 3.05) is 5.32 Å². The summed E-state index contributed by atoms with van der Waals surface area (Å²) in [6, 6.07) is 4.64. The third kappa shape index (κ3) is 2.68. The molecule has 0 bridgehead atoms. The second-order valence-corrected chi connectivity index (χ2v) is 4.76. The lowest BCUT2D eigenvalue weighted by Gasteiger charge is -2.19. The highest BCUT2D eigenvalue weighted by Crippen LogP contribution is 2.16. The first-order valence-corrected chi connectivity index (χ1v) is 5.35. The molecule has 7 heteroatoms. The van der Waals surface area contributed by atoms with Crippen LogP contribution in [0, 0.1) is 5.21 Å². The van der Waals surface area contributed by atoms with Crippen molar-refractivity contribution in [1.29, 1.82) is 0 Å². The van der Waals surface area contributed by atoms with Gasteiger partial charge in [0.2, 0.25) is 11.0 Å². The average Bonchev–Trinajstić information content (AvgIpc) is 2.57. The largest absolute Gasteiger partial charge is 0.444 e. The summed E-state index contributed by atoms with van der Waals surface area (Å²) in [5.74, 6) is 0. The predicted molar refractivity (Wildman–Crippen MR) is 62.8 cm³/mol. The molecule has 0 atom stereocenters. The van der Waals surface area contributed by atoms with Crippen molar-refractivity contribution in [2.45, 2.75) is 26.4 Å². The van der Waals surface area contributed by atoms with Gasteiger partial charge in [0.15, 0.2) is 0 Å². The molecule has 0 aliphatic rings. The molecule has 7 nitrogen and oxygen atoms in total. The molecule has 1 aromatic carbocycles. The van der Waals surface area contributed by atoms with Crippen LogP contribution in [-0.4, -0.2) is 16.9 Å². The molecule has 2 rings (SSSR count). The number of hydrogen-bond acceptors (Lipinski definition) is 5. The predicted octanol–water partition coefficient (Wildman–Crippen LogP) is 1.81. The Morgan fingerprint density at radius 3 is 2.89 bits per heavy atom. The topological polar surface area (TPSA) is 91.3 Å². The van der Waals surface area contributed by atoms with Crippen molar-refractivity contribution in [3.8, 4) is 0 Å². The maximum absolute atomic E-state index is 11.5. The van der Waals surface area contributed by atoms with E-state index in [4.69, 9.17) is 4.74 Å². The van der Waals surface area contributed by atoms with E-state index < -0.39 is 11.7 Å². The van der Waals surface area contributed by atoms with E-state index in [1.165, 1.54) is 6.07 Å². The highest BCUT2D eigenvalue weighted by Gasteiger charge is 2.17. The average molecular weight is 251 g/mol. The lowest BCUT2D eigenvalue weighted by molar-refractivity contribution is -0.782. The first-order valence-electron chi connectivity index (χ1n) is 5.35. The van der Waals surface area contributed by atoms with E-state index in [1.54, 1.807) is 32.9 Å². The van der Waals surface area contributed by atoms with Gasteiger partial charge in [0.05, 0.1) is 0 Å². The van der Waals surface area contributed by atoms with Crippen molar-refractivity contribution in [3.05, 3.63) is 23.4 Å². The van der Waals surface area contributed by atoms with E-state index in [1.807, 2.05) is 0 Å². The van der Waals surface area contributed by atoms with Crippen LogP contribution in [0.15, 0.2) is 22.8 Å². The summed E-state index contributed by atoms with van der Waals surface area (Å²) < 4.78 is 9.51. The molecule has 0 saturated heterocycles. The third-order valence-electron chi connectivity index (χ3n) is 2.03. The lowest BCUT2D eigenvalue weighted by Crippen LogP contribution is -2.27. The Labute approximate surface area is 103 Å². The molecule has 1 aromatic heterocycles. The van der Waals surface area contributed by atoms with Gasteiger partial charge in [-0.1, -0.05) is 0 Å². The number of ether oxygens (including phenoxy) is 1. The number of carbonyl (C=O) groups is 1. The van der Waals surface area contributed by atoms with Crippen LogP contribution < -0.4 is 10.2 Å². The Morgan fingerprint density at radius 1 is 1.50 bits per heavy atom. The van der Waals surface area contributed by atoms with Gasteiger partial charge in [0.1, 0.15) is 5.60 Å². The van der Waals surface area contributed by atoms with Gasteiger partial charge in [-0.05, 0) is 37.8 Å². The van der Waals surface area contributed by atoms with Gasteiger partial charge >= 0.3 is 6.09 Å². The summed E-state index contributed by atoms with van der Waals surface area (Å²) in [4.78, 5) is 11.8. The molecule has 0 spiro atoms. The molecular weight excluding hydrogens is 238 g/mol. The Morgan fingerprint density at radius 2 is 2.22 bits per heavy atom. The number of anilines is 1. The first-order chi connectivity index (χ1) is 8.35. The minimum atomic E-state index is -0.587. The monoisotopic (exact) mass is 251 g/mol. The molecular formula is C11H13N3O4. The molecule has 0 aliphatic carbocycles. The minimum Gasteiger partial charge on any atom is -0.444 e. The highest BCUT2D eigenvalue weighted by atomic mass is 16.8. The molecule has 1 N–H and O–H groups in total. The summed E-state index contributed by atoms with van der Waals surface area (Å²) in [5.41, 5.74) is 0.511. The van der Waals surface area contributed by atoms with Gasteiger partial charge in [-0.2, -0.15) is 0 Å². The number of aromatic nitrogens is 2. The van der Waals surface area contributed by atoms with Crippen molar-refractivity contribution in [2.24, 2.45) is 0 Å². The minimum absolute atomic E-state index is 0.239. The number of nitrogens with zero attached hydrogens (tertiary/aromatic N) is 2. The first kappa shape index (κ1) is 12.2. The maximum atomic E-state index is 11.5. The van der Waals surface area contributed by atoms with E-state index in [2.05, 4.69) is 15.1 Å². The van der Waals surface area contributed by atoms with Crippen LogP contribution in [0.3, 0.4) is 0 Å². The van der Waals surface area contributed by atoms with E-state index in [0.717, 1.165) is 0 Å². The SMILES string of the molecule is CC(C)(C)OC(=O)Nc1ccc2no[n+]([O-])c2c1. The zero-order chi connectivity index (χ0) is 13.3. The Bertz CT molecular complexity index is 585. The lowest BCUT2D eigenvalue weighted by atomic mass is 10.2. The Balaban J connectivity index is 2.17. The fourth-order valence-corrected chi connectivity index (χ4v) is 1.37. The molecule has 0 fully saturated rings. The summed E-state index contributed by atoms with van der Waals surface area (Å²) in [6.07, 6.45) is -0.587. The molecule has 18 heavy (non-hydrogen) atoms. The van der Waals surface area contributed by atoms with Crippen molar-refractivity contribution < 1.29 is 19.1 Å². The molecule has 96 valence electrons. The molecule has 0 aliphatic heterocycles. The summed E-state index contributed by atoms with van der Waals surface area (Å²) in [5, 5.41) is 17.2. The Hall–Kier alpha value is -2.31. The van der Waals surface area contributed by atoms with Crippen molar-refractivity contribution >= 4 is 22.8 Å². The van der Waals surface area contributed by atoms with Gasteiger partial charge in [0, 0.05) is 16.9 Å². The molecule has 1 heterocycles. The number of amides is 1. The number of rotatable bonds is 1. The standard InChI is InChI=1S/C11H13N3O4/c1-11(2,3)17-10(15)12-7-4-5-8-9(6-7)14(16)18-13-8/h4-6H,1-3H3,(H,12,15). The zero-order valence-electron chi connectivity index (χ0n) is 10.3. The van der Waals surface area contributed by atoms with Gasteiger partial charge in [-0.3, -0.25) is 9.95 Å². The van der Waals surface area contributed by atoms with E-state index in [9.17, 15) is 10.0 Å². The summed E-state index contributed by atoms with van der Waals surface area (Å²) in [6.45, 7) is 5.30. The summed E-state index contributed by atoms with van der Waals surface area (Å²) in [7, 11) is 0. The van der Waals surface area contributed by atoms with Crippen LogP contribution in [0.25, 0.3) is 11.0 Å². The smallest absolute Gasteiger partial charge is 0.412 e. The van der Waals surface area contributed by atoms with Crippen LogP contribution in [0.2, 0.25) is 0 Å². The number of fused-ring (bicyclic) bond motifs is 1. The number of hydrogen-bond donors (Lipinski definition) is 1. The number of nitrogens with one attached hydrogen (secondary N) is 1. The fraction of sp³-hybridized carbons (Fsp3) is 0.364. The van der Waals surface area contributed by atoms with Crippen LogP contribution >= 0.6 is 0 Å². The number of carbonyl (C=O) groups excluding carboxylic acids is 1. The quantitative estimate of drug-likeness (QED) is 0.780. The molecule has 1 amide bonds. The third-order valence-corrected chi connectivity index (χ3v) is 2.03. The molecule has 0 unspecified atom stereocenters. The van der Waals surface area contributed by atoms with Crippen molar-refractivity contribution in [1.82, 2.24) is 5.16 Å². The highest BCUT2D eigenvalue weighted by molar-refractivity contribution is 5.87. The number of benzene rings is 1. The van der Waals surface area contributed by atoms with E-state index >= 15 is 0 Å². The van der Waals surface area contributed by atoms with E-state index in [-0.39, 0.29) is 10.4 Å². The van der Waals surface area contributed by atoms with Crippen molar-refractivity contribution in [3.63, 3.8) is 0 Å². The second-order valence-electron chi connectivity index (χ2n) is 4.76. The molecule has 2 aromatic rings. The van der Waals surface area contributed by atoms with Gasteiger partial charge in [-0.25, -0.2) is 4.79 Å². The fourth-order valence-electron chi connectivity index (χ4n) is 1.37. The maximum Gasteiger partial charge on any atom is 0.412 e. The van der Waals surface area contributed by atoms with E-state index in [0.29, 0.717) is 11.2 Å². The molecule has 0 saturated carbocycles. The van der Waals surface area contributed by atoms with Gasteiger partial charge in [0.25, 0.3) is 0 Å². The Kier molecular flexibility index (Phi) is 2.82. The summed E-state index contributed by atoms with van der Waals surface area (Å²) >= 11 is 0. The van der Waals surface area contributed by atoms with Gasteiger partial charge in [-0.15, -0.1) is 0 Å². The molecule has 0 radical (unpaired) electrons. The van der Waals surface area contributed by atoms with Crippen LogP contribution in [0.4, 0.5) is 10.5 Å². The van der Waals surface area contributed by atoms with Crippen LogP contribution in [-0.2, 0) is 4.74 Å². The normalized spacial score (nSPS) is 11.5. The zero-order valence-corrected chi connectivity index (χ0v) is 10.3.